The number of nitrogens with zero attached hydrogens (tertiary/aromatic N) is 3. The Morgan fingerprint density at radius 3 is 2.82 bits per heavy atom. The van der Waals surface area contributed by atoms with E-state index in [4.69, 9.17) is 10.5 Å². The van der Waals surface area contributed by atoms with E-state index >= 15 is 4.39 Å². The molecule has 2 heterocycles. The number of benzene rings is 1. The third-order valence-corrected chi connectivity index (χ3v) is 4.44. The van der Waals surface area contributed by atoms with E-state index < -0.39 is 11.7 Å². The first-order valence-electron chi connectivity index (χ1n) is 7.19. The Kier molecular flexibility index (Phi) is 2.85. The average molecular weight is 298 g/mol. The molecule has 2 N–H and O–H groups in total. The van der Waals surface area contributed by atoms with Gasteiger partial charge in [-0.2, -0.15) is 0 Å². The van der Waals surface area contributed by atoms with Crippen LogP contribution in [0.4, 0.5) is 4.39 Å². The Bertz CT molecular complexity index is 749. The zero-order valence-electron chi connectivity index (χ0n) is 11.9. The Hall–Kier alpha value is -2.50. The topological polar surface area (TPSA) is 73.4 Å². The Morgan fingerprint density at radius 2 is 2.09 bits per heavy atom. The maximum absolute atomic E-state index is 15.1. The van der Waals surface area contributed by atoms with Gasteiger partial charge in [0.1, 0.15) is 18.5 Å². The van der Waals surface area contributed by atoms with Gasteiger partial charge in [-0.15, -0.1) is 0 Å². The molecule has 1 spiro atoms. The molecule has 2 aromatic rings. The van der Waals surface area contributed by atoms with Crippen molar-refractivity contribution in [2.24, 2.45) is 10.7 Å². The first-order chi connectivity index (χ1) is 10.7. The molecule has 22 heavy (non-hydrogen) atoms. The summed E-state index contributed by atoms with van der Waals surface area (Å²) in [7, 11) is 0. The van der Waals surface area contributed by atoms with Crippen LogP contribution in [0.5, 0.6) is 0 Å². The number of aliphatic imine (C=N–C) groups is 1. The first-order valence-corrected chi connectivity index (χ1v) is 7.19. The van der Waals surface area contributed by atoms with E-state index in [2.05, 4.69) is 15.0 Å². The fraction of sp³-hybridized carbons (Fsp3) is 0.312. The van der Waals surface area contributed by atoms with Gasteiger partial charge in [0.2, 0.25) is 0 Å². The second-order valence-corrected chi connectivity index (χ2v) is 5.71. The normalized spacial score (nSPS) is 26.4. The number of hydrogen-bond acceptors (Lipinski definition) is 5. The predicted octanol–water partition coefficient (Wildman–Crippen LogP) is 2.18. The van der Waals surface area contributed by atoms with Crippen molar-refractivity contribution in [2.75, 3.05) is 6.61 Å². The highest BCUT2D eigenvalue weighted by Crippen LogP contribution is 2.46. The summed E-state index contributed by atoms with van der Waals surface area (Å²) in [4.78, 5) is 12.3. The third kappa shape index (κ3) is 1.87. The molecule has 0 saturated carbocycles. The molecule has 2 atom stereocenters. The van der Waals surface area contributed by atoms with Gasteiger partial charge in [-0.25, -0.2) is 19.4 Å². The van der Waals surface area contributed by atoms with Crippen molar-refractivity contribution in [3.8, 4) is 11.1 Å². The number of ether oxygens (including phenoxy) is 1. The molecule has 0 saturated heterocycles. The highest BCUT2D eigenvalue weighted by molar-refractivity contribution is 5.74. The minimum absolute atomic E-state index is 0.0821. The van der Waals surface area contributed by atoms with Crippen LogP contribution < -0.4 is 5.73 Å². The molecule has 4 rings (SSSR count). The minimum Gasteiger partial charge on any atom is -0.463 e. The van der Waals surface area contributed by atoms with Gasteiger partial charge in [-0.1, -0.05) is 18.2 Å². The zero-order chi connectivity index (χ0) is 15.2. The van der Waals surface area contributed by atoms with Crippen LogP contribution in [-0.4, -0.2) is 28.1 Å². The number of hydrogen-bond donors (Lipinski definition) is 1. The summed E-state index contributed by atoms with van der Waals surface area (Å²) in [5.74, 6) is 0. The highest BCUT2D eigenvalue weighted by atomic mass is 19.1. The Morgan fingerprint density at radius 1 is 1.27 bits per heavy atom. The van der Waals surface area contributed by atoms with Crippen molar-refractivity contribution >= 4 is 6.02 Å². The smallest absolute Gasteiger partial charge is 0.282 e. The number of nitrogens with two attached hydrogens (primary N) is 1. The molecule has 6 heteroatoms. The molecule has 5 nitrogen and oxygen atoms in total. The van der Waals surface area contributed by atoms with Gasteiger partial charge in [0.05, 0.1) is 0 Å². The number of fused-ring (bicyclic) bond motifs is 1. The Labute approximate surface area is 127 Å². The van der Waals surface area contributed by atoms with Crippen LogP contribution >= 0.6 is 0 Å². The summed E-state index contributed by atoms with van der Waals surface area (Å²) in [6.45, 7) is 0.206. The van der Waals surface area contributed by atoms with E-state index in [1.165, 1.54) is 6.33 Å². The van der Waals surface area contributed by atoms with Crippen LogP contribution in [0.3, 0.4) is 0 Å². The molecule has 0 bridgehead atoms. The number of aromatic nitrogens is 2. The lowest BCUT2D eigenvalue weighted by atomic mass is 9.75. The molecule has 0 amide bonds. The number of amidine groups is 1. The Balaban J connectivity index is 1.81. The zero-order valence-corrected chi connectivity index (χ0v) is 11.9. The second kappa shape index (κ2) is 4.76. The van der Waals surface area contributed by atoms with Gasteiger partial charge in [-0.3, -0.25) is 0 Å². The van der Waals surface area contributed by atoms with Gasteiger partial charge in [0, 0.05) is 18.0 Å². The van der Waals surface area contributed by atoms with Crippen LogP contribution in [0.25, 0.3) is 11.1 Å². The van der Waals surface area contributed by atoms with E-state index in [0.717, 1.165) is 23.1 Å². The van der Waals surface area contributed by atoms with Crippen molar-refractivity contribution in [2.45, 2.75) is 24.6 Å². The monoisotopic (exact) mass is 298 g/mol. The number of alkyl halides is 1. The van der Waals surface area contributed by atoms with Crippen molar-refractivity contribution in [3.63, 3.8) is 0 Å². The first kappa shape index (κ1) is 13.2. The van der Waals surface area contributed by atoms with E-state index in [1.54, 1.807) is 12.4 Å². The van der Waals surface area contributed by atoms with Gasteiger partial charge in [-0.05, 0) is 29.5 Å². The lowest BCUT2D eigenvalue weighted by Gasteiger charge is -2.34. The predicted molar refractivity (Wildman–Crippen MR) is 79.9 cm³/mol. The molecule has 112 valence electrons. The van der Waals surface area contributed by atoms with E-state index in [9.17, 15) is 0 Å². The lowest BCUT2D eigenvalue weighted by molar-refractivity contribution is 0.127. The highest BCUT2D eigenvalue weighted by Gasteiger charge is 2.48. The van der Waals surface area contributed by atoms with Crippen molar-refractivity contribution < 1.29 is 9.13 Å². The largest absolute Gasteiger partial charge is 0.463 e. The fourth-order valence-electron chi connectivity index (χ4n) is 3.33. The summed E-state index contributed by atoms with van der Waals surface area (Å²) in [6.07, 6.45) is 5.05. The lowest BCUT2D eigenvalue weighted by Crippen LogP contribution is -2.38. The standard InChI is InChI=1S/C16H15FN4O/c17-14-13-3-1-2-11(10-6-19-9-20-7-10)12(13)4-5-16(14)8-22-15(18)21-16/h1-3,6-7,9,14H,4-5,8H2,(H2,18,21). The van der Waals surface area contributed by atoms with Crippen LogP contribution in [0.2, 0.25) is 0 Å². The number of rotatable bonds is 1. The van der Waals surface area contributed by atoms with E-state index in [1.807, 2.05) is 18.2 Å². The van der Waals surface area contributed by atoms with Crippen molar-refractivity contribution in [1.82, 2.24) is 9.97 Å². The summed E-state index contributed by atoms with van der Waals surface area (Å²) in [5.41, 5.74) is 8.25. The third-order valence-electron chi connectivity index (χ3n) is 4.44. The van der Waals surface area contributed by atoms with Crippen LogP contribution in [-0.2, 0) is 11.2 Å². The van der Waals surface area contributed by atoms with Crippen LogP contribution in [0.1, 0.15) is 23.7 Å². The van der Waals surface area contributed by atoms with Gasteiger partial charge < -0.3 is 10.5 Å². The van der Waals surface area contributed by atoms with Gasteiger partial charge >= 0.3 is 0 Å². The molecule has 1 aromatic carbocycles. The van der Waals surface area contributed by atoms with Crippen LogP contribution in [0.15, 0.2) is 41.9 Å². The molecule has 1 aromatic heterocycles. The second-order valence-electron chi connectivity index (χ2n) is 5.71. The molecule has 0 fully saturated rings. The maximum atomic E-state index is 15.1. The molecule has 2 aliphatic rings. The summed E-state index contributed by atoms with van der Waals surface area (Å²) in [6, 6.07) is 5.73. The summed E-state index contributed by atoms with van der Waals surface area (Å²) < 4.78 is 20.3. The van der Waals surface area contributed by atoms with Crippen molar-refractivity contribution in [1.29, 1.82) is 0 Å². The van der Waals surface area contributed by atoms with E-state index in [0.29, 0.717) is 12.0 Å². The molecular formula is C16H15FN4O. The molecule has 1 aliphatic carbocycles. The summed E-state index contributed by atoms with van der Waals surface area (Å²) in [5, 5.41) is 0. The van der Waals surface area contributed by atoms with Crippen molar-refractivity contribution in [3.05, 3.63) is 48.0 Å². The SMILES string of the molecule is NC1=NC2(CCc3c(-c4cncnc4)cccc3C2F)CO1. The molecule has 0 radical (unpaired) electrons. The maximum Gasteiger partial charge on any atom is 0.282 e. The molecule has 2 unspecified atom stereocenters. The van der Waals surface area contributed by atoms with Gasteiger partial charge in [0.25, 0.3) is 6.02 Å². The van der Waals surface area contributed by atoms with E-state index in [-0.39, 0.29) is 12.6 Å². The van der Waals surface area contributed by atoms with Crippen LogP contribution in [0, 0.1) is 0 Å². The fourth-order valence-corrected chi connectivity index (χ4v) is 3.33. The molecule has 1 aliphatic heterocycles. The van der Waals surface area contributed by atoms with Gasteiger partial charge in [0.15, 0.2) is 6.17 Å². The molecular weight excluding hydrogens is 283 g/mol. The average Bonchev–Trinajstić information content (AvgIpc) is 2.94. The number of halogens is 1. The summed E-state index contributed by atoms with van der Waals surface area (Å²) >= 11 is 0. The minimum atomic E-state index is -1.22. The quantitative estimate of drug-likeness (QED) is 0.875.